The molecule has 0 aliphatic heterocycles. The molecule has 10 heteroatoms. The molecule has 0 heterocycles. The number of rotatable bonds is 7. The second kappa shape index (κ2) is 6.28. The molecule has 0 saturated carbocycles. The Morgan fingerprint density at radius 2 is 1.82 bits per heavy atom. The van der Waals surface area contributed by atoms with Crippen LogP contribution in [0.15, 0.2) is 0 Å². The highest BCUT2D eigenvalue weighted by atomic mass is 32.2. The van der Waals surface area contributed by atoms with Crippen LogP contribution in [0, 0.1) is 0 Å². The van der Waals surface area contributed by atoms with Crippen molar-refractivity contribution in [3.8, 4) is 0 Å². The first kappa shape index (κ1) is 16.3. The zero-order valence-electron chi connectivity index (χ0n) is 9.41. The topological polar surface area (TPSA) is 127 Å². The fourth-order valence-electron chi connectivity index (χ4n) is 0.839. The molecule has 1 unspecified atom stereocenters. The Morgan fingerprint density at radius 1 is 1.29 bits per heavy atom. The molecule has 0 rings (SSSR count). The van der Waals surface area contributed by atoms with Crippen LogP contribution in [0.4, 0.5) is 0 Å². The van der Waals surface area contributed by atoms with Gasteiger partial charge in [0.25, 0.3) is 0 Å². The SMILES string of the molecule is COC(=O)C(CO)NS(=O)(=O)CCS(C)(=O)=O. The average molecular weight is 289 g/mol. The van der Waals surface area contributed by atoms with Crippen LogP contribution in [0.5, 0.6) is 0 Å². The van der Waals surface area contributed by atoms with E-state index in [2.05, 4.69) is 4.74 Å². The quantitative estimate of drug-likeness (QED) is 0.495. The molecule has 102 valence electrons. The van der Waals surface area contributed by atoms with Gasteiger partial charge < -0.3 is 9.84 Å². The minimum absolute atomic E-state index is 0.568. The molecule has 8 nitrogen and oxygen atoms in total. The fraction of sp³-hybridized carbons (Fsp3) is 0.857. The summed E-state index contributed by atoms with van der Waals surface area (Å²) in [5, 5.41) is 8.77. The molecule has 2 N–H and O–H groups in total. The van der Waals surface area contributed by atoms with Gasteiger partial charge in [-0.25, -0.2) is 16.8 Å². The molecule has 0 fully saturated rings. The maximum Gasteiger partial charge on any atom is 0.326 e. The molecule has 0 radical (unpaired) electrons. The zero-order valence-corrected chi connectivity index (χ0v) is 11.0. The van der Waals surface area contributed by atoms with Crippen LogP contribution in [0.25, 0.3) is 0 Å². The predicted octanol–water partition coefficient (Wildman–Crippen LogP) is -2.52. The Morgan fingerprint density at radius 3 is 2.18 bits per heavy atom. The molecule has 1 atom stereocenters. The summed E-state index contributed by atoms with van der Waals surface area (Å²) in [6.07, 6.45) is 0.895. The van der Waals surface area contributed by atoms with Gasteiger partial charge in [0.1, 0.15) is 15.9 Å². The van der Waals surface area contributed by atoms with E-state index in [-0.39, 0.29) is 0 Å². The van der Waals surface area contributed by atoms with Crippen LogP contribution in [0.2, 0.25) is 0 Å². The van der Waals surface area contributed by atoms with Gasteiger partial charge in [-0.05, 0) is 0 Å². The molecule has 0 spiro atoms. The summed E-state index contributed by atoms with van der Waals surface area (Å²) in [6.45, 7) is -0.773. The van der Waals surface area contributed by atoms with Crippen LogP contribution in [-0.2, 0) is 29.4 Å². The summed E-state index contributed by atoms with van der Waals surface area (Å²) in [6, 6.07) is -1.43. The lowest BCUT2D eigenvalue weighted by Gasteiger charge is -2.13. The largest absolute Gasteiger partial charge is 0.468 e. The first-order valence-electron chi connectivity index (χ1n) is 4.47. The maximum atomic E-state index is 11.4. The molecule has 0 aromatic heterocycles. The number of carbonyl (C=O) groups excluding carboxylic acids is 1. The number of sulfone groups is 1. The summed E-state index contributed by atoms with van der Waals surface area (Å²) in [5.41, 5.74) is 0. The number of nitrogens with one attached hydrogen (secondary N) is 1. The summed E-state index contributed by atoms with van der Waals surface area (Å²) in [7, 11) is -6.36. The smallest absolute Gasteiger partial charge is 0.326 e. The summed E-state index contributed by atoms with van der Waals surface area (Å²) < 4.78 is 50.4. The van der Waals surface area contributed by atoms with Crippen LogP contribution in [0.3, 0.4) is 0 Å². The minimum atomic E-state index is -3.97. The lowest BCUT2D eigenvalue weighted by Crippen LogP contribution is -2.45. The van der Waals surface area contributed by atoms with Gasteiger partial charge in [-0.15, -0.1) is 0 Å². The molecular formula is C7H15NO7S2. The highest BCUT2D eigenvalue weighted by Crippen LogP contribution is 1.95. The van der Waals surface area contributed by atoms with E-state index in [1.165, 1.54) is 0 Å². The number of hydrogen-bond donors (Lipinski definition) is 2. The molecule has 0 amide bonds. The number of sulfonamides is 1. The standard InChI is InChI=1S/C7H15NO7S2/c1-15-7(10)6(5-9)8-17(13,14)4-3-16(2,11)12/h6,8-9H,3-5H2,1-2H3. The van der Waals surface area contributed by atoms with Crippen molar-refractivity contribution in [3.63, 3.8) is 0 Å². The van der Waals surface area contributed by atoms with Crippen molar-refractivity contribution in [1.29, 1.82) is 0 Å². The molecule has 0 aromatic rings. The monoisotopic (exact) mass is 289 g/mol. The van der Waals surface area contributed by atoms with Gasteiger partial charge in [-0.1, -0.05) is 0 Å². The molecule has 0 aliphatic rings. The van der Waals surface area contributed by atoms with Gasteiger partial charge in [-0.3, -0.25) is 4.79 Å². The third-order valence-corrected chi connectivity index (χ3v) is 4.30. The first-order chi connectivity index (χ1) is 7.61. The van der Waals surface area contributed by atoms with E-state index in [9.17, 15) is 21.6 Å². The van der Waals surface area contributed by atoms with Gasteiger partial charge in [0.2, 0.25) is 10.0 Å². The Labute approximate surface area is 99.9 Å². The van der Waals surface area contributed by atoms with E-state index in [0.29, 0.717) is 0 Å². The van der Waals surface area contributed by atoms with Crippen molar-refractivity contribution in [2.75, 3.05) is 31.5 Å². The van der Waals surface area contributed by atoms with Crippen molar-refractivity contribution in [1.82, 2.24) is 4.72 Å². The number of methoxy groups -OCH3 is 1. The van der Waals surface area contributed by atoms with Crippen LogP contribution in [0.1, 0.15) is 0 Å². The minimum Gasteiger partial charge on any atom is -0.468 e. The second-order valence-corrected chi connectivity index (χ2v) is 7.46. The van der Waals surface area contributed by atoms with Crippen LogP contribution in [-0.4, -0.2) is 65.4 Å². The highest BCUT2D eigenvalue weighted by molar-refractivity contribution is 7.93. The number of carbonyl (C=O) groups is 1. The molecular weight excluding hydrogens is 274 g/mol. The third-order valence-electron chi connectivity index (χ3n) is 1.71. The van der Waals surface area contributed by atoms with E-state index < -0.39 is 50.0 Å². The number of hydrogen-bond acceptors (Lipinski definition) is 7. The van der Waals surface area contributed by atoms with Gasteiger partial charge >= 0.3 is 5.97 Å². The predicted molar refractivity (Wildman–Crippen MR) is 59.5 cm³/mol. The summed E-state index contributed by atoms with van der Waals surface area (Å²) in [5.74, 6) is -2.20. The van der Waals surface area contributed by atoms with E-state index in [0.717, 1.165) is 13.4 Å². The number of ether oxygens (including phenoxy) is 1. The van der Waals surface area contributed by atoms with Gasteiger partial charge in [0.15, 0.2) is 0 Å². The number of aliphatic hydroxyl groups excluding tert-OH is 1. The Kier molecular flexibility index (Phi) is 6.02. The van der Waals surface area contributed by atoms with Crippen molar-refractivity contribution in [2.24, 2.45) is 0 Å². The van der Waals surface area contributed by atoms with E-state index in [1.807, 2.05) is 4.72 Å². The lowest BCUT2D eigenvalue weighted by molar-refractivity contribution is -0.143. The van der Waals surface area contributed by atoms with Crippen LogP contribution >= 0.6 is 0 Å². The number of esters is 1. The average Bonchev–Trinajstić information content (AvgIpc) is 2.21. The summed E-state index contributed by atoms with van der Waals surface area (Å²) in [4.78, 5) is 11.0. The van der Waals surface area contributed by atoms with Gasteiger partial charge in [0, 0.05) is 6.26 Å². The summed E-state index contributed by atoms with van der Waals surface area (Å²) >= 11 is 0. The lowest BCUT2D eigenvalue weighted by atomic mass is 10.3. The Balaban J connectivity index is 4.58. The van der Waals surface area contributed by atoms with Crippen molar-refractivity contribution in [3.05, 3.63) is 0 Å². The Hall–Kier alpha value is -0.710. The maximum absolute atomic E-state index is 11.4. The van der Waals surface area contributed by atoms with Crippen molar-refractivity contribution < 1.29 is 31.5 Å². The normalized spacial score (nSPS) is 14.3. The van der Waals surface area contributed by atoms with Crippen molar-refractivity contribution >= 4 is 25.8 Å². The molecule has 0 aromatic carbocycles. The van der Waals surface area contributed by atoms with Gasteiger partial charge in [0.05, 0.1) is 25.2 Å². The van der Waals surface area contributed by atoms with Crippen molar-refractivity contribution in [2.45, 2.75) is 6.04 Å². The second-order valence-electron chi connectivity index (χ2n) is 3.32. The zero-order chi connectivity index (χ0) is 13.7. The molecule has 17 heavy (non-hydrogen) atoms. The molecule has 0 bridgehead atoms. The van der Waals surface area contributed by atoms with Crippen LogP contribution < -0.4 is 4.72 Å². The highest BCUT2D eigenvalue weighted by Gasteiger charge is 2.25. The number of aliphatic hydroxyl groups is 1. The Bertz CT molecular complexity index is 453. The third kappa shape index (κ3) is 7.26. The first-order valence-corrected chi connectivity index (χ1v) is 8.19. The molecule has 0 saturated heterocycles. The van der Waals surface area contributed by atoms with E-state index in [4.69, 9.17) is 5.11 Å². The fourth-order valence-corrected chi connectivity index (χ4v) is 3.65. The van der Waals surface area contributed by atoms with E-state index >= 15 is 0 Å². The van der Waals surface area contributed by atoms with Gasteiger partial charge in [-0.2, -0.15) is 4.72 Å². The van der Waals surface area contributed by atoms with E-state index in [1.54, 1.807) is 0 Å². The molecule has 0 aliphatic carbocycles.